The number of carbonyl (C=O) groups excluding carboxylic acids is 2. The maximum atomic E-state index is 13.1. The van der Waals surface area contributed by atoms with E-state index in [9.17, 15) is 9.59 Å². The Kier molecular flexibility index (Phi) is 6.47. The van der Waals surface area contributed by atoms with Crippen LogP contribution in [-0.4, -0.2) is 40.4 Å². The summed E-state index contributed by atoms with van der Waals surface area (Å²) in [5.74, 6) is -0.325. The van der Waals surface area contributed by atoms with Crippen LogP contribution in [0.2, 0.25) is 0 Å². The minimum atomic E-state index is -0.325. The third-order valence-corrected chi connectivity index (χ3v) is 6.75. The molecule has 0 N–H and O–H groups in total. The summed E-state index contributed by atoms with van der Waals surface area (Å²) in [7, 11) is 5.60. The Balaban J connectivity index is 1.45. The highest BCUT2D eigenvalue weighted by Crippen LogP contribution is 2.15. The summed E-state index contributed by atoms with van der Waals surface area (Å²) in [6, 6.07) is 17.8. The van der Waals surface area contributed by atoms with E-state index in [1.807, 2.05) is 78.7 Å². The van der Waals surface area contributed by atoms with Crippen LogP contribution in [0.5, 0.6) is 0 Å². The summed E-state index contributed by atoms with van der Waals surface area (Å²) >= 11 is 0. The molecule has 0 bridgehead atoms. The zero-order chi connectivity index (χ0) is 26.1. The first-order chi connectivity index (χ1) is 17.9. The Morgan fingerprint density at radius 2 is 1.35 bits per heavy atom. The van der Waals surface area contributed by atoms with E-state index < -0.39 is 0 Å². The molecule has 190 valence electrons. The van der Waals surface area contributed by atoms with E-state index in [2.05, 4.69) is 24.2 Å². The molecular weight excluding hydrogens is 468 g/mol. The lowest BCUT2D eigenvalue weighted by molar-refractivity contribution is -0.107. The number of aryl methyl sites for hydroxylation is 6. The molecule has 0 saturated heterocycles. The number of aromatic nitrogens is 6. The van der Waals surface area contributed by atoms with Crippen molar-refractivity contribution in [2.45, 2.75) is 32.9 Å². The highest BCUT2D eigenvalue weighted by atomic mass is 16.1. The van der Waals surface area contributed by atoms with Gasteiger partial charge in [0, 0.05) is 34.2 Å². The molecule has 0 aliphatic carbocycles. The van der Waals surface area contributed by atoms with Crippen LogP contribution < -0.4 is 11.2 Å². The van der Waals surface area contributed by atoms with Crippen molar-refractivity contribution in [1.82, 2.24) is 28.0 Å². The highest BCUT2D eigenvalue weighted by molar-refractivity contribution is 5.93. The molecular formula is C27H30N8O2. The Morgan fingerprint density at radius 1 is 0.838 bits per heavy atom. The van der Waals surface area contributed by atoms with Crippen LogP contribution in [0, 0.1) is 6.92 Å². The predicted octanol–water partition coefficient (Wildman–Crippen LogP) is 2.59. The van der Waals surface area contributed by atoms with Crippen LogP contribution in [-0.2, 0) is 39.0 Å². The molecule has 10 nitrogen and oxygen atoms in total. The Labute approximate surface area is 213 Å². The molecule has 5 rings (SSSR count). The van der Waals surface area contributed by atoms with E-state index in [-0.39, 0.29) is 5.91 Å². The van der Waals surface area contributed by atoms with Crippen molar-refractivity contribution in [1.29, 1.82) is 0 Å². The third-order valence-electron chi connectivity index (χ3n) is 6.75. The first-order valence-electron chi connectivity index (χ1n) is 12.3. The summed E-state index contributed by atoms with van der Waals surface area (Å²) in [4.78, 5) is 32.9. The number of benzene rings is 2. The van der Waals surface area contributed by atoms with E-state index in [1.165, 1.54) is 0 Å². The van der Waals surface area contributed by atoms with E-state index in [4.69, 9.17) is 0 Å². The van der Waals surface area contributed by atoms with Crippen molar-refractivity contribution >= 4 is 34.4 Å². The third kappa shape index (κ3) is 4.35. The van der Waals surface area contributed by atoms with Crippen molar-refractivity contribution in [2.24, 2.45) is 31.1 Å². The van der Waals surface area contributed by atoms with E-state index >= 15 is 0 Å². The highest BCUT2D eigenvalue weighted by Gasteiger charge is 2.15. The van der Waals surface area contributed by atoms with Gasteiger partial charge in [-0.25, -0.2) is 0 Å². The smallest absolute Gasteiger partial charge is 0.298 e. The fourth-order valence-corrected chi connectivity index (χ4v) is 5.02. The van der Waals surface area contributed by atoms with Gasteiger partial charge in [0.05, 0.1) is 27.8 Å². The first-order valence-corrected chi connectivity index (χ1v) is 12.3. The number of fused-ring (bicyclic) bond motifs is 2. The minimum Gasteiger partial charge on any atom is -0.313 e. The summed E-state index contributed by atoms with van der Waals surface area (Å²) in [6.07, 6.45) is 2.28. The van der Waals surface area contributed by atoms with Crippen molar-refractivity contribution in [3.63, 3.8) is 0 Å². The molecule has 0 radical (unpaired) electrons. The fraction of sp³-hybridized carbons (Fsp3) is 0.296. The quantitative estimate of drug-likeness (QED) is 0.255. The van der Waals surface area contributed by atoms with Crippen LogP contribution >= 0.6 is 0 Å². The summed E-state index contributed by atoms with van der Waals surface area (Å²) in [6.45, 7) is 3.25. The summed E-state index contributed by atoms with van der Waals surface area (Å²) in [5, 5.41) is 4.28. The van der Waals surface area contributed by atoms with E-state index in [0.29, 0.717) is 36.4 Å². The van der Waals surface area contributed by atoms with Crippen LogP contribution in [0.3, 0.4) is 0 Å². The van der Waals surface area contributed by atoms with E-state index in [1.54, 1.807) is 17.8 Å². The number of unbranched alkanes of at least 4 members (excludes halogenated alkanes) is 1. The fourth-order valence-electron chi connectivity index (χ4n) is 5.02. The average Bonchev–Trinajstić information content (AvgIpc) is 3.47. The Hall–Kier alpha value is -4.47. The maximum absolute atomic E-state index is 13.1. The van der Waals surface area contributed by atoms with Crippen molar-refractivity contribution in [3.05, 3.63) is 77.2 Å². The molecule has 10 heteroatoms. The number of amides is 2. The van der Waals surface area contributed by atoms with Gasteiger partial charge in [-0.3, -0.25) is 14.3 Å². The van der Waals surface area contributed by atoms with Crippen LogP contribution in [0.1, 0.15) is 29.0 Å². The molecule has 0 saturated carbocycles. The number of hydrogen-bond acceptors (Lipinski definition) is 3. The van der Waals surface area contributed by atoms with Crippen molar-refractivity contribution in [3.8, 4) is 0 Å². The average molecular weight is 499 g/mol. The lowest BCUT2D eigenvalue weighted by Gasteiger charge is -2.07. The molecule has 0 atom stereocenters. The minimum absolute atomic E-state index is 0.325. The van der Waals surface area contributed by atoms with E-state index in [0.717, 1.165) is 40.6 Å². The molecule has 2 amide bonds. The zero-order valence-corrected chi connectivity index (χ0v) is 21.5. The Bertz CT molecular complexity index is 1770. The normalized spacial score (nSPS) is 12.8. The van der Waals surface area contributed by atoms with Gasteiger partial charge >= 0.3 is 0 Å². The summed E-state index contributed by atoms with van der Waals surface area (Å²) in [5.41, 5.74) is 6.54. The van der Waals surface area contributed by atoms with Crippen LogP contribution in [0.15, 0.2) is 64.6 Å². The lowest BCUT2D eigenvalue weighted by Crippen LogP contribution is -2.27. The van der Waals surface area contributed by atoms with Crippen molar-refractivity contribution in [2.75, 3.05) is 0 Å². The van der Waals surface area contributed by atoms with Crippen LogP contribution in [0.4, 0.5) is 0 Å². The van der Waals surface area contributed by atoms with Gasteiger partial charge in [-0.1, -0.05) is 24.3 Å². The molecule has 0 aliphatic heterocycles. The lowest BCUT2D eigenvalue weighted by atomic mass is 10.2. The second-order valence-corrected chi connectivity index (χ2v) is 9.15. The number of hydrogen-bond donors (Lipinski definition) is 0. The molecule has 0 spiro atoms. The second kappa shape index (κ2) is 9.88. The van der Waals surface area contributed by atoms with Gasteiger partial charge in [-0.2, -0.15) is 15.1 Å². The predicted molar refractivity (Wildman–Crippen MR) is 141 cm³/mol. The monoisotopic (exact) mass is 498 g/mol. The van der Waals surface area contributed by atoms with Gasteiger partial charge in [0.15, 0.2) is 0 Å². The zero-order valence-electron chi connectivity index (χ0n) is 21.5. The van der Waals surface area contributed by atoms with Gasteiger partial charge in [0.1, 0.15) is 5.69 Å². The molecule has 3 aromatic heterocycles. The first kappa shape index (κ1) is 24.2. The SMILES string of the molecule is Cc1cc(C(=O)/N=c2\n(C)c3ccccc3n2CCCCn2/c(=N/C=O)n(C)c3ccccc32)n(C)n1. The molecule has 0 fully saturated rings. The van der Waals surface area contributed by atoms with Crippen molar-refractivity contribution < 1.29 is 9.59 Å². The maximum Gasteiger partial charge on any atom is 0.298 e. The Morgan fingerprint density at radius 3 is 1.86 bits per heavy atom. The largest absolute Gasteiger partial charge is 0.313 e. The van der Waals surface area contributed by atoms with Gasteiger partial charge in [-0.15, -0.1) is 0 Å². The molecule has 0 unspecified atom stereocenters. The molecule has 2 aromatic carbocycles. The van der Waals surface area contributed by atoms with Crippen LogP contribution in [0.25, 0.3) is 22.1 Å². The number of rotatable bonds is 7. The number of nitrogens with zero attached hydrogens (tertiary/aromatic N) is 8. The van der Waals surface area contributed by atoms with Gasteiger partial charge in [0.25, 0.3) is 5.91 Å². The molecule has 0 aliphatic rings. The molecule has 3 heterocycles. The standard InChI is InChI=1S/C27H30N8O2/c1-19-17-24(33(4)30-19)25(37)29-27-32(3)21-12-6-8-14-23(21)35(27)16-10-9-15-34-22-13-7-5-11-20(22)31(2)26(34)28-18-36/h5-8,11-14,17-18H,9-10,15-16H2,1-4H3/b28-26+,29-27+. The van der Waals surface area contributed by atoms with Gasteiger partial charge < -0.3 is 18.3 Å². The van der Waals surface area contributed by atoms with Gasteiger partial charge in [-0.05, 0) is 50.1 Å². The number of carbonyl (C=O) groups is 2. The second-order valence-electron chi connectivity index (χ2n) is 9.15. The van der Waals surface area contributed by atoms with Gasteiger partial charge in [0.2, 0.25) is 17.6 Å². The topological polar surface area (TPSA) is 96.4 Å². The summed E-state index contributed by atoms with van der Waals surface area (Å²) < 4.78 is 9.64. The number of para-hydroxylation sites is 4. The molecule has 5 aromatic rings. The number of imidazole rings is 2. The molecule has 37 heavy (non-hydrogen) atoms.